The molecular formula is C33H50N9O11P2SSi+. The van der Waals surface area contributed by atoms with E-state index in [-0.39, 0.29) is 53.7 Å². The largest absolute Gasteiger partial charge is 0.695 e. The first-order valence-corrected chi connectivity index (χ1v) is 25.0. The number of H-pyrrole nitrogens is 1. The van der Waals surface area contributed by atoms with Crippen molar-refractivity contribution in [1.29, 1.82) is 5.26 Å². The number of hydrogen-bond donors (Lipinski definition) is 5. The summed E-state index contributed by atoms with van der Waals surface area (Å²) >= 11 is 6.03. The quantitative estimate of drug-likeness (QED) is 0.0679. The summed E-state index contributed by atoms with van der Waals surface area (Å²) in [4.78, 5) is 54.9. The molecule has 1 unspecified atom stereocenters. The van der Waals surface area contributed by atoms with Crippen LogP contribution in [0.25, 0.3) is 11.2 Å². The molecule has 0 spiro atoms. The van der Waals surface area contributed by atoms with Gasteiger partial charge in [0.1, 0.15) is 36.6 Å². The van der Waals surface area contributed by atoms with Crippen molar-refractivity contribution in [3.63, 3.8) is 0 Å². The Morgan fingerprint density at radius 3 is 2.65 bits per heavy atom. The molecule has 9 atom stereocenters. The average Bonchev–Trinajstić information content (AvgIpc) is 3.82. The predicted octanol–water partition coefficient (Wildman–Crippen LogP) is 4.27. The van der Waals surface area contributed by atoms with Crippen molar-refractivity contribution >= 4 is 63.9 Å². The van der Waals surface area contributed by atoms with E-state index in [2.05, 4.69) is 56.3 Å². The van der Waals surface area contributed by atoms with Crippen molar-refractivity contribution in [2.75, 3.05) is 30.5 Å². The summed E-state index contributed by atoms with van der Waals surface area (Å²) in [5.74, 6) is -0.805. The van der Waals surface area contributed by atoms with E-state index < -0.39 is 77.9 Å². The molecule has 3 aromatic rings. The fourth-order valence-electron chi connectivity index (χ4n) is 6.13. The Balaban J connectivity index is 1.52. The lowest BCUT2D eigenvalue weighted by Gasteiger charge is -2.41. The van der Waals surface area contributed by atoms with Crippen LogP contribution in [0, 0.1) is 23.2 Å². The molecule has 2 fully saturated rings. The second-order valence-electron chi connectivity index (χ2n) is 15.6. The first kappa shape index (κ1) is 44.9. The number of aromatic amines is 1. The molecule has 1 saturated heterocycles. The molecule has 5 N–H and O–H groups in total. The van der Waals surface area contributed by atoms with Gasteiger partial charge in [0.05, 0.1) is 38.6 Å². The number of imidazole rings is 1. The average molecular weight is 871 g/mol. The van der Waals surface area contributed by atoms with Gasteiger partial charge in [-0.25, -0.2) is 15.0 Å². The number of nitrogens with one attached hydrogen (secondary N) is 3. The zero-order valence-electron chi connectivity index (χ0n) is 32.7. The van der Waals surface area contributed by atoms with Crippen molar-refractivity contribution in [3.8, 4) is 6.07 Å². The van der Waals surface area contributed by atoms with Gasteiger partial charge in [0.25, 0.3) is 5.56 Å². The van der Waals surface area contributed by atoms with Gasteiger partial charge >= 0.3 is 15.0 Å². The Kier molecular flexibility index (Phi) is 14.8. The number of amides is 1. The normalized spacial score (nSPS) is 25.4. The molecule has 57 heavy (non-hydrogen) atoms. The van der Waals surface area contributed by atoms with Crippen LogP contribution in [0.5, 0.6) is 0 Å². The summed E-state index contributed by atoms with van der Waals surface area (Å²) < 4.78 is 51.2. The number of anilines is 2. The predicted molar refractivity (Wildman–Crippen MR) is 213 cm³/mol. The molecule has 1 saturated carbocycles. The van der Waals surface area contributed by atoms with E-state index in [0.29, 0.717) is 18.7 Å². The van der Waals surface area contributed by atoms with Crippen LogP contribution in [-0.2, 0) is 48.4 Å². The molecule has 312 valence electrons. The van der Waals surface area contributed by atoms with E-state index in [1.165, 1.54) is 17.2 Å². The summed E-state index contributed by atoms with van der Waals surface area (Å²) in [6, 6.07) is 3.50. The van der Waals surface area contributed by atoms with Gasteiger partial charge in [0.15, 0.2) is 25.7 Å². The second kappa shape index (κ2) is 18.8. The third-order valence-corrected chi connectivity index (χ3v) is 17.4. The minimum absolute atomic E-state index is 0.0342. The number of ether oxygens (including phenoxy) is 1. The molecule has 2 aliphatic rings. The number of fused-ring (bicyclic) bond motifs is 1. The molecule has 0 radical (unpaired) electrons. The third-order valence-electron chi connectivity index (χ3n) is 10.1. The topological polar surface area (TPSA) is 267 Å². The van der Waals surface area contributed by atoms with Gasteiger partial charge < -0.3 is 28.6 Å². The van der Waals surface area contributed by atoms with Crippen molar-refractivity contribution in [2.24, 2.45) is 11.8 Å². The van der Waals surface area contributed by atoms with Crippen LogP contribution in [0.2, 0.25) is 18.1 Å². The zero-order valence-corrected chi connectivity index (χ0v) is 36.3. The van der Waals surface area contributed by atoms with Gasteiger partial charge in [-0.3, -0.25) is 29.0 Å². The summed E-state index contributed by atoms with van der Waals surface area (Å²) in [5, 5.41) is 25.7. The molecule has 4 heterocycles. The Labute approximate surface area is 336 Å². The third kappa shape index (κ3) is 11.1. The minimum atomic E-state index is -3.88. The summed E-state index contributed by atoms with van der Waals surface area (Å²) in [7, 11) is -5.60. The zero-order chi connectivity index (χ0) is 41.7. The molecule has 24 heteroatoms. The lowest BCUT2D eigenvalue weighted by atomic mass is 10.1. The molecule has 3 aromatic heterocycles. The number of hydrogen-bond acceptors (Lipinski definition) is 17. The highest BCUT2D eigenvalue weighted by Gasteiger charge is 2.54. The fraction of sp³-hybridized carbons (Fsp3) is 0.667. The first-order chi connectivity index (χ1) is 26.8. The Morgan fingerprint density at radius 2 is 2.02 bits per heavy atom. The fourth-order valence-corrected chi connectivity index (χ4v) is 10.1. The molecule has 1 amide bonds. The molecule has 20 nitrogen and oxygen atoms in total. The Bertz CT molecular complexity index is 2030. The van der Waals surface area contributed by atoms with Crippen molar-refractivity contribution in [2.45, 2.75) is 109 Å². The van der Waals surface area contributed by atoms with Gasteiger partial charge in [0.2, 0.25) is 11.9 Å². The van der Waals surface area contributed by atoms with Crippen LogP contribution in [0.4, 0.5) is 11.8 Å². The molecular weight excluding hydrogens is 821 g/mol. The lowest BCUT2D eigenvalue weighted by molar-refractivity contribution is -0.118. The SMILES string of the molecule is CC(C)C(=O)Nc1nc2c(ncn2[C@@H]2O[C@H](CO)[C@@H](O[Si](C)(C)C(C)(C)C)[C@H]2O[P@@](=S)(OCCC#N)OC[C@H]2C[C@@H](Nc3ccncn3)C[C@@H]2O[P+](=O)O)c(=O)[nH]1. The number of carbonyl (C=O) groups is 1. The van der Waals surface area contributed by atoms with E-state index in [4.69, 9.17) is 39.1 Å². The lowest BCUT2D eigenvalue weighted by Crippen LogP contribution is -2.50. The number of nitrogens with zero attached hydrogens (tertiary/aromatic N) is 6. The highest BCUT2D eigenvalue weighted by atomic mass is 32.5. The van der Waals surface area contributed by atoms with Crippen LogP contribution in [0.1, 0.15) is 60.1 Å². The minimum Gasteiger partial charge on any atom is -0.408 e. The standard InChI is InChI=1S/C33H49N9O11P2SSi/c1-19(2)29(44)40-32-39-28-25(30(45)41-32)37-18-42(28)31-27(26(23(15-43)50-31)53-57(6,7)33(3,4)5)52-55(56,48-12-8-10-34)49-16-20-13-21(14-22(20)51-54(46)47)38-24-9-11-35-17-36-24/h9,11,17-23,26-27,31,43H,8,12-16H2,1-7H3,(H3-,35,36,38,39,40,41,44,45,46,47)/p+1/t20-,21-,22+,23-,26-,27-,31-,55-/m1/s1. The van der Waals surface area contributed by atoms with Crippen molar-refractivity contribution in [3.05, 3.63) is 35.3 Å². The first-order valence-electron chi connectivity index (χ1n) is 18.4. The van der Waals surface area contributed by atoms with Crippen molar-refractivity contribution < 1.29 is 46.6 Å². The number of rotatable bonds is 18. The van der Waals surface area contributed by atoms with E-state index in [9.17, 15) is 29.4 Å². The van der Waals surface area contributed by atoms with Crippen LogP contribution in [-0.4, -0.2) is 104 Å². The van der Waals surface area contributed by atoms with Crippen molar-refractivity contribution in [1.82, 2.24) is 29.5 Å². The number of aliphatic hydroxyl groups excluding tert-OH is 1. The maximum Gasteiger partial charge on any atom is 0.695 e. The summed E-state index contributed by atoms with van der Waals surface area (Å²) in [6.07, 6.45) is 0.0256. The monoisotopic (exact) mass is 870 g/mol. The van der Waals surface area contributed by atoms with Crippen LogP contribution in [0.15, 0.2) is 29.7 Å². The van der Waals surface area contributed by atoms with E-state index in [1.807, 2.05) is 19.2 Å². The molecule has 1 aliphatic heterocycles. The van der Waals surface area contributed by atoms with E-state index in [0.717, 1.165) is 0 Å². The molecule has 0 aromatic carbocycles. The number of carbonyl (C=O) groups excluding carboxylic acids is 1. The number of nitriles is 1. The van der Waals surface area contributed by atoms with Gasteiger partial charge in [-0.2, -0.15) is 10.2 Å². The van der Waals surface area contributed by atoms with Crippen LogP contribution < -0.4 is 16.2 Å². The van der Waals surface area contributed by atoms with Gasteiger partial charge in [-0.1, -0.05) is 34.6 Å². The molecule has 0 bridgehead atoms. The number of aromatic nitrogens is 6. The molecule has 5 rings (SSSR count). The van der Waals surface area contributed by atoms with Gasteiger partial charge in [-0.15, -0.1) is 9.42 Å². The van der Waals surface area contributed by atoms with Crippen LogP contribution in [0.3, 0.4) is 0 Å². The maximum absolute atomic E-state index is 13.2. The van der Waals surface area contributed by atoms with Gasteiger partial charge in [0, 0.05) is 28.6 Å². The van der Waals surface area contributed by atoms with Gasteiger partial charge in [-0.05, 0) is 48.8 Å². The van der Waals surface area contributed by atoms with E-state index in [1.54, 1.807) is 26.1 Å². The Hall–Kier alpha value is -3.16. The summed E-state index contributed by atoms with van der Waals surface area (Å²) in [5.41, 5.74) is -0.651. The molecule has 1 aliphatic carbocycles. The smallest absolute Gasteiger partial charge is 0.408 e. The maximum atomic E-state index is 13.2. The van der Waals surface area contributed by atoms with Crippen LogP contribution >= 0.6 is 15.0 Å². The second-order valence-corrected chi connectivity index (χ2v) is 24.0. The summed E-state index contributed by atoms with van der Waals surface area (Å²) in [6.45, 7) is 8.93. The van der Waals surface area contributed by atoms with E-state index >= 15 is 0 Å². The number of aliphatic hydroxyl groups is 1. The highest BCUT2D eigenvalue weighted by Crippen LogP contribution is 2.56. The highest BCUT2D eigenvalue weighted by molar-refractivity contribution is 8.07. The Morgan fingerprint density at radius 1 is 1.26 bits per heavy atom.